The largest absolute Gasteiger partial charge is 0.341 e. The van der Waals surface area contributed by atoms with E-state index in [1.807, 2.05) is 13.2 Å². The summed E-state index contributed by atoms with van der Waals surface area (Å²) in [6.07, 6.45) is 4.62. The maximum Gasteiger partial charge on any atom is 0.252 e. The average molecular weight is 274 g/mol. The Bertz CT molecular complexity index is 638. The molecule has 0 amide bonds. The maximum atomic E-state index is 11.9. The molecule has 1 saturated heterocycles. The van der Waals surface area contributed by atoms with Crippen LogP contribution >= 0.6 is 0 Å². The van der Waals surface area contributed by atoms with Gasteiger partial charge in [-0.3, -0.25) is 14.5 Å². The number of aromatic amines is 1. The molecule has 0 bridgehead atoms. The Kier molecular flexibility index (Phi) is 3.51. The fourth-order valence-corrected chi connectivity index (χ4v) is 2.35. The molecule has 3 heterocycles. The van der Waals surface area contributed by atoms with Crippen LogP contribution in [0.15, 0.2) is 23.3 Å². The van der Waals surface area contributed by atoms with Crippen molar-refractivity contribution in [2.24, 2.45) is 7.05 Å². The van der Waals surface area contributed by atoms with E-state index in [4.69, 9.17) is 0 Å². The van der Waals surface area contributed by atoms with E-state index >= 15 is 0 Å². The number of H-pyrrole nitrogens is 1. The molecule has 1 aliphatic rings. The second-order valence-electron chi connectivity index (χ2n) is 4.95. The summed E-state index contributed by atoms with van der Waals surface area (Å²) in [5.74, 6) is 0.639. The molecular formula is C13H18N6O. The average Bonchev–Trinajstić information content (AvgIpc) is 2.71. The number of hydrogen-bond acceptors (Lipinski definition) is 5. The van der Waals surface area contributed by atoms with Crippen molar-refractivity contribution in [2.45, 2.75) is 6.42 Å². The molecular weight excluding hydrogens is 256 g/mol. The third-order valence-corrected chi connectivity index (χ3v) is 3.37. The van der Waals surface area contributed by atoms with Gasteiger partial charge in [0.25, 0.3) is 5.56 Å². The first kappa shape index (κ1) is 12.9. The lowest BCUT2D eigenvalue weighted by Crippen LogP contribution is -2.31. The topological polar surface area (TPSA) is 78.8 Å². The summed E-state index contributed by atoms with van der Waals surface area (Å²) >= 11 is 0. The highest BCUT2D eigenvalue weighted by Crippen LogP contribution is 2.16. The van der Waals surface area contributed by atoms with Gasteiger partial charge >= 0.3 is 0 Å². The molecule has 3 rings (SSSR count). The van der Waals surface area contributed by atoms with Crippen LogP contribution in [0.1, 0.15) is 6.42 Å². The van der Waals surface area contributed by atoms with Crippen LogP contribution in [0.25, 0.3) is 11.3 Å². The predicted octanol–water partition coefficient (Wildman–Crippen LogP) is -0.0299. The van der Waals surface area contributed by atoms with Crippen molar-refractivity contribution in [1.82, 2.24) is 25.1 Å². The van der Waals surface area contributed by atoms with Gasteiger partial charge in [-0.25, -0.2) is 4.98 Å². The zero-order valence-electron chi connectivity index (χ0n) is 11.5. The maximum absolute atomic E-state index is 11.9. The Morgan fingerprint density at radius 2 is 2.20 bits per heavy atom. The number of aryl methyl sites for hydroxylation is 1. The van der Waals surface area contributed by atoms with E-state index in [2.05, 4.69) is 25.3 Å². The van der Waals surface area contributed by atoms with Crippen LogP contribution in [0.5, 0.6) is 0 Å². The van der Waals surface area contributed by atoms with Gasteiger partial charge in [-0.2, -0.15) is 5.10 Å². The molecule has 0 saturated carbocycles. The van der Waals surface area contributed by atoms with Crippen molar-refractivity contribution in [2.75, 3.05) is 31.1 Å². The van der Waals surface area contributed by atoms with Crippen LogP contribution in [-0.2, 0) is 7.05 Å². The normalized spacial score (nSPS) is 16.1. The van der Waals surface area contributed by atoms with Crippen LogP contribution in [-0.4, -0.2) is 45.9 Å². The Morgan fingerprint density at radius 3 is 3.00 bits per heavy atom. The molecule has 2 aromatic heterocycles. The summed E-state index contributed by atoms with van der Waals surface area (Å²) < 4.78 is 1.70. The summed E-state index contributed by atoms with van der Waals surface area (Å²) in [7, 11) is 1.85. The van der Waals surface area contributed by atoms with Crippen LogP contribution in [0.2, 0.25) is 0 Å². The first-order chi connectivity index (χ1) is 9.72. The highest BCUT2D eigenvalue weighted by Gasteiger charge is 2.13. The van der Waals surface area contributed by atoms with Gasteiger partial charge in [-0.15, -0.1) is 0 Å². The monoisotopic (exact) mass is 274 g/mol. The number of nitrogens with one attached hydrogen (secondary N) is 2. The number of hydrogen-bond donors (Lipinski definition) is 2. The summed E-state index contributed by atoms with van der Waals surface area (Å²) in [6, 6.07) is 1.51. The van der Waals surface area contributed by atoms with Crippen molar-refractivity contribution in [3.8, 4) is 11.3 Å². The number of anilines is 1. The second-order valence-corrected chi connectivity index (χ2v) is 4.95. The summed E-state index contributed by atoms with van der Waals surface area (Å²) in [6.45, 7) is 3.65. The Morgan fingerprint density at radius 1 is 1.30 bits per heavy atom. The quantitative estimate of drug-likeness (QED) is 0.804. The van der Waals surface area contributed by atoms with Crippen molar-refractivity contribution in [3.63, 3.8) is 0 Å². The highest BCUT2D eigenvalue weighted by atomic mass is 16.1. The van der Waals surface area contributed by atoms with Gasteiger partial charge in [0.1, 0.15) is 0 Å². The molecule has 106 valence electrons. The van der Waals surface area contributed by atoms with Crippen molar-refractivity contribution in [1.29, 1.82) is 0 Å². The Hall–Kier alpha value is -2.15. The molecule has 7 nitrogen and oxygen atoms in total. The van der Waals surface area contributed by atoms with Crippen molar-refractivity contribution >= 4 is 5.95 Å². The fraction of sp³-hybridized carbons (Fsp3) is 0.462. The lowest BCUT2D eigenvalue weighted by molar-refractivity contribution is 0.724. The zero-order valence-corrected chi connectivity index (χ0v) is 11.5. The Balaban J connectivity index is 1.95. The summed E-state index contributed by atoms with van der Waals surface area (Å²) in [5, 5.41) is 7.46. The lowest BCUT2D eigenvalue weighted by atomic mass is 10.2. The highest BCUT2D eigenvalue weighted by molar-refractivity contribution is 5.58. The summed E-state index contributed by atoms with van der Waals surface area (Å²) in [4.78, 5) is 21.4. The number of nitrogens with zero attached hydrogens (tertiary/aromatic N) is 4. The minimum atomic E-state index is -0.133. The molecule has 0 unspecified atom stereocenters. The van der Waals surface area contributed by atoms with Gasteiger partial charge in [-0.05, 0) is 13.0 Å². The molecule has 0 aliphatic carbocycles. The van der Waals surface area contributed by atoms with Crippen LogP contribution < -0.4 is 15.8 Å². The van der Waals surface area contributed by atoms with Crippen LogP contribution in [0, 0.1) is 0 Å². The van der Waals surface area contributed by atoms with E-state index in [9.17, 15) is 4.79 Å². The van der Waals surface area contributed by atoms with Gasteiger partial charge in [0, 0.05) is 44.5 Å². The number of aromatic nitrogens is 4. The van der Waals surface area contributed by atoms with Crippen LogP contribution in [0.3, 0.4) is 0 Å². The van der Waals surface area contributed by atoms with Gasteiger partial charge in [-0.1, -0.05) is 0 Å². The minimum absolute atomic E-state index is 0.133. The molecule has 2 aromatic rings. The Labute approximate surface area is 116 Å². The lowest BCUT2D eigenvalue weighted by Gasteiger charge is -2.20. The molecule has 0 aromatic carbocycles. The van der Waals surface area contributed by atoms with Crippen LogP contribution in [0.4, 0.5) is 5.95 Å². The smallest absolute Gasteiger partial charge is 0.252 e. The molecule has 7 heteroatoms. The fourth-order valence-electron chi connectivity index (χ4n) is 2.35. The standard InChI is InChI=1S/C13H18N6O/c1-18-9-10(8-15-18)11-7-12(20)17-13(16-11)19-5-2-3-14-4-6-19/h7-9,14H,2-6H2,1H3,(H,16,17,20). The molecule has 20 heavy (non-hydrogen) atoms. The first-order valence-corrected chi connectivity index (χ1v) is 6.78. The summed E-state index contributed by atoms with van der Waals surface area (Å²) in [5.41, 5.74) is 1.38. The van der Waals surface area contributed by atoms with E-state index in [0.717, 1.165) is 38.2 Å². The predicted molar refractivity (Wildman–Crippen MR) is 76.8 cm³/mol. The number of rotatable bonds is 2. The van der Waals surface area contributed by atoms with E-state index in [0.29, 0.717) is 11.6 Å². The first-order valence-electron chi connectivity index (χ1n) is 6.78. The molecule has 1 fully saturated rings. The second kappa shape index (κ2) is 5.46. The molecule has 1 aliphatic heterocycles. The molecule has 2 N–H and O–H groups in total. The zero-order chi connectivity index (χ0) is 13.9. The van der Waals surface area contributed by atoms with Gasteiger partial charge in [0.2, 0.25) is 5.95 Å². The molecule has 0 radical (unpaired) electrons. The van der Waals surface area contributed by atoms with Gasteiger partial charge in [0.05, 0.1) is 11.9 Å². The van der Waals surface area contributed by atoms with Crippen molar-refractivity contribution in [3.05, 3.63) is 28.8 Å². The molecule has 0 atom stereocenters. The van der Waals surface area contributed by atoms with Crippen molar-refractivity contribution < 1.29 is 0 Å². The van der Waals surface area contributed by atoms with Gasteiger partial charge in [0.15, 0.2) is 0 Å². The van der Waals surface area contributed by atoms with E-state index in [1.54, 1.807) is 10.9 Å². The molecule has 0 spiro atoms. The van der Waals surface area contributed by atoms with E-state index in [-0.39, 0.29) is 5.56 Å². The SMILES string of the molecule is Cn1cc(-c2cc(=O)[nH]c(N3CCCNCC3)n2)cn1. The van der Waals surface area contributed by atoms with E-state index < -0.39 is 0 Å². The van der Waals surface area contributed by atoms with E-state index in [1.165, 1.54) is 6.07 Å². The third kappa shape index (κ3) is 2.72. The third-order valence-electron chi connectivity index (χ3n) is 3.37. The minimum Gasteiger partial charge on any atom is -0.341 e. The van der Waals surface area contributed by atoms with Gasteiger partial charge < -0.3 is 10.2 Å².